The summed E-state index contributed by atoms with van der Waals surface area (Å²) in [7, 11) is 0. The van der Waals surface area contributed by atoms with Crippen LogP contribution in [-0.2, 0) is 11.0 Å². The molecule has 23 heavy (non-hydrogen) atoms. The number of furan rings is 1. The molecule has 0 aliphatic carbocycles. The summed E-state index contributed by atoms with van der Waals surface area (Å²) in [5.41, 5.74) is -0.892. The number of rotatable bonds is 3. The Kier molecular flexibility index (Phi) is 4.55. The summed E-state index contributed by atoms with van der Waals surface area (Å²) >= 11 is 0. The number of nitrogens with one attached hydrogen (secondary N) is 1. The molecule has 1 aromatic heterocycles. The molecule has 0 saturated carbocycles. The number of nitrogens with zero attached hydrogens (tertiary/aromatic N) is 1. The van der Waals surface area contributed by atoms with E-state index >= 15 is 0 Å². The second-order valence-electron chi connectivity index (χ2n) is 4.65. The normalized spacial score (nSPS) is 11.9. The summed E-state index contributed by atoms with van der Waals surface area (Å²) in [4.78, 5) is 12.0. The van der Waals surface area contributed by atoms with Crippen molar-refractivity contribution in [3.8, 4) is 6.07 Å². The first-order chi connectivity index (χ1) is 10.8. The third kappa shape index (κ3) is 4.23. The highest BCUT2D eigenvalue weighted by molar-refractivity contribution is 6.09. The molecule has 2 rings (SSSR count). The van der Waals surface area contributed by atoms with Crippen LogP contribution in [0.1, 0.15) is 17.1 Å². The minimum absolute atomic E-state index is 0.153. The number of alkyl halides is 3. The summed E-state index contributed by atoms with van der Waals surface area (Å²) in [5.74, 6) is 0.222. The Labute approximate surface area is 129 Å². The van der Waals surface area contributed by atoms with E-state index in [1.807, 2.05) is 0 Å². The summed E-state index contributed by atoms with van der Waals surface area (Å²) in [6.07, 6.45) is -3.19. The Balaban J connectivity index is 2.14. The van der Waals surface area contributed by atoms with Gasteiger partial charge in [0.05, 0.1) is 5.56 Å². The van der Waals surface area contributed by atoms with Crippen molar-refractivity contribution in [2.45, 2.75) is 13.1 Å². The van der Waals surface area contributed by atoms with E-state index in [9.17, 15) is 18.0 Å². The average Bonchev–Trinajstić information content (AvgIpc) is 2.89. The predicted octanol–water partition coefficient (Wildman–Crippen LogP) is 4.15. The molecule has 0 unspecified atom stereocenters. The molecule has 0 radical (unpaired) electrons. The Bertz CT molecular complexity index is 781. The molecular weight excluding hydrogens is 309 g/mol. The van der Waals surface area contributed by atoms with Crippen LogP contribution in [0, 0.1) is 18.3 Å². The third-order valence-corrected chi connectivity index (χ3v) is 2.88. The second kappa shape index (κ2) is 6.40. The van der Waals surface area contributed by atoms with Gasteiger partial charge in [-0.25, -0.2) is 0 Å². The zero-order chi connectivity index (χ0) is 17.0. The quantitative estimate of drug-likeness (QED) is 0.682. The van der Waals surface area contributed by atoms with Crippen LogP contribution >= 0.6 is 0 Å². The van der Waals surface area contributed by atoms with E-state index in [-0.39, 0.29) is 11.3 Å². The second-order valence-corrected chi connectivity index (χ2v) is 4.65. The standard InChI is InChI=1S/C16H11F3N2O2/c1-10-2-7-14(23-10)8-11(9-20)15(22)21-13-5-3-12(4-6-13)16(17,18)19/h2-8H,1H3,(H,21,22). The molecule has 0 saturated heterocycles. The van der Waals surface area contributed by atoms with Gasteiger partial charge >= 0.3 is 6.18 Å². The minimum atomic E-state index is -4.45. The van der Waals surface area contributed by atoms with Crippen LogP contribution in [0.5, 0.6) is 0 Å². The van der Waals surface area contributed by atoms with Crippen molar-refractivity contribution in [3.63, 3.8) is 0 Å². The van der Waals surface area contributed by atoms with E-state index in [2.05, 4.69) is 5.32 Å². The number of halogens is 3. The molecule has 118 valence electrons. The van der Waals surface area contributed by atoms with Gasteiger partial charge in [0.25, 0.3) is 5.91 Å². The number of nitriles is 1. The van der Waals surface area contributed by atoms with Crippen LogP contribution in [0.25, 0.3) is 6.08 Å². The highest BCUT2D eigenvalue weighted by atomic mass is 19.4. The van der Waals surface area contributed by atoms with Crippen molar-refractivity contribution in [1.29, 1.82) is 5.26 Å². The molecule has 7 heteroatoms. The summed E-state index contributed by atoms with van der Waals surface area (Å²) in [6, 6.07) is 8.93. The molecule has 1 aromatic carbocycles. The van der Waals surface area contributed by atoms with Crippen LogP contribution in [0.15, 0.2) is 46.4 Å². The molecule has 0 aliphatic heterocycles. The molecule has 0 fully saturated rings. The van der Waals surface area contributed by atoms with Crippen LogP contribution in [0.3, 0.4) is 0 Å². The Morgan fingerprint density at radius 3 is 2.35 bits per heavy atom. The number of carbonyl (C=O) groups is 1. The molecular formula is C16H11F3N2O2. The van der Waals surface area contributed by atoms with E-state index in [0.717, 1.165) is 24.3 Å². The maximum atomic E-state index is 12.5. The lowest BCUT2D eigenvalue weighted by molar-refractivity contribution is -0.137. The lowest BCUT2D eigenvalue weighted by atomic mass is 10.2. The molecule has 1 N–H and O–H groups in total. The topological polar surface area (TPSA) is 66.0 Å². The van der Waals surface area contributed by atoms with E-state index in [1.165, 1.54) is 6.08 Å². The van der Waals surface area contributed by atoms with Crippen molar-refractivity contribution < 1.29 is 22.4 Å². The summed E-state index contributed by atoms with van der Waals surface area (Å²) in [6.45, 7) is 1.71. The molecule has 1 heterocycles. The first-order valence-electron chi connectivity index (χ1n) is 6.46. The first kappa shape index (κ1) is 16.4. The molecule has 1 amide bonds. The lowest BCUT2D eigenvalue weighted by Crippen LogP contribution is -2.13. The number of hydrogen-bond acceptors (Lipinski definition) is 3. The van der Waals surface area contributed by atoms with E-state index in [4.69, 9.17) is 9.68 Å². The van der Waals surface area contributed by atoms with E-state index < -0.39 is 17.6 Å². The van der Waals surface area contributed by atoms with Crippen LogP contribution in [0.2, 0.25) is 0 Å². The average molecular weight is 320 g/mol. The van der Waals surface area contributed by atoms with Crippen molar-refractivity contribution in [3.05, 3.63) is 59.1 Å². The van der Waals surface area contributed by atoms with Gasteiger partial charge in [-0.15, -0.1) is 0 Å². The molecule has 0 aliphatic rings. The molecule has 0 spiro atoms. The molecule has 4 nitrogen and oxygen atoms in total. The zero-order valence-corrected chi connectivity index (χ0v) is 11.9. The number of hydrogen-bond donors (Lipinski definition) is 1. The van der Waals surface area contributed by atoms with Crippen LogP contribution in [0.4, 0.5) is 18.9 Å². The molecule has 0 atom stereocenters. The smallest absolute Gasteiger partial charge is 0.416 e. The minimum Gasteiger partial charge on any atom is -0.462 e. The fourth-order valence-electron chi connectivity index (χ4n) is 1.76. The van der Waals surface area contributed by atoms with Gasteiger partial charge in [-0.05, 0) is 43.3 Å². The lowest BCUT2D eigenvalue weighted by Gasteiger charge is -2.08. The van der Waals surface area contributed by atoms with Gasteiger partial charge in [0.15, 0.2) is 0 Å². The maximum absolute atomic E-state index is 12.5. The van der Waals surface area contributed by atoms with E-state index in [0.29, 0.717) is 11.5 Å². The number of amides is 1. The van der Waals surface area contributed by atoms with Gasteiger partial charge < -0.3 is 9.73 Å². The third-order valence-electron chi connectivity index (χ3n) is 2.88. The van der Waals surface area contributed by atoms with Gasteiger partial charge in [0, 0.05) is 11.8 Å². The van der Waals surface area contributed by atoms with Gasteiger partial charge in [-0.2, -0.15) is 18.4 Å². The Morgan fingerprint density at radius 2 is 1.87 bits per heavy atom. The van der Waals surface area contributed by atoms with E-state index in [1.54, 1.807) is 25.1 Å². The summed E-state index contributed by atoms with van der Waals surface area (Å²) in [5, 5.41) is 11.4. The molecule has 0 bridgehead atoms. The fraction of sp³-hybridized carbons (Fsp3) is 0.125. The number of carbonyl (C=O) groups excluding carboxylic acids is 1. The van der Waals surface area contributed by atoms with Crippen molar-refractivity contribution in [1.82, 2.24) is 0 Å². The largest absolute Gasteiger partial charge is 0.462 e. The first-order valence-corrected chi connectivity index (χ1v) is 6.46. The van der Waals surface area contributed by atoms with Crippen molar-refractivity contribution in [2.75, 3.05) is 5.32 Å². The van der Waals surface area contributed by atoms with Gasteiger partial charge in [-0.3, -0.25) is 4.79 Å². The van der Waals surface area contributed by atoms with Crippen LogP contribution in [-0.4, -0.2) is 5.91 Å². The number of anilines is 1. The maximum Gasteiger partial charge on any atom is 0.416 e. The SMILES string of the molecule is Cc1ccc(C=C(C#N)C(=O)Nc2ccc(C(F)(F)F)cc2)o1. The summed E-state index contributed by atoms with van der Waals surface area (Å²) < 4.78 is 42.6. The van der Waals surface area contributed by atoms with Gasteiger partial charge in [-0.1, -0.05) is 0 Å². The van der Waals surface area contributed by atoms with Gasteiger partial charge in [0.2, 0.25) is 0 Å². The Morgan fingerprint density at radius 1 is 1.22 bits per heavy atom. The monoisotopic (exact) mass is 320 g/mol. The van der Waals surface area contributed by atoms with Gasteiger partial charge in [0.1, 0.15) is 23.2 Å². The number of aryl methyl sites for hydroxylation is 1. The highest BCUT2D eigenvalue weighted by Gasteiger charge is 2.30. The molecule has 2 aromatic rings. The van der Waals surface area contributed by atoms with Crippen molar-refractivity contribution >= 4 is 17.7 Å². The fourth-order valence-corrected chi connectivity index (χ4v) is 1.76. The Hall–Kier alpha value is -3.01. The highest BCUT2D eigenvalue weighted by Crippen LogP contribution is 2.29. The number of benzene rings is 1. The van der Waals surface area contributed by atoms with Crippen molar-refractivity contribution in [2.24, 2.45) is 0 Å². The zero-order valence-electron chi connectivity index (χ0n) is 11.9. The van der Waals surface area contributed by atoms with Crippen LogP contribution < -0.4 is 5.32 Å². The predicted molar refractivity (Wildman–Crippen MR) is 77.1 cm³/mol.